The summed E-state index contributed by atoms with van der Waals surface area (Å²) in [5.74, 6) is 0. The molecule has 0 aliphatic carbocycles. The zero-order valence-electron chi connectivity index (χ0n) is 20.4. The predicted molar refractivity (Wildman–Crippen MR) is 140 cm³/mol. The standard InChI is InChI=1S/C26H31N5O4S/c1-36(34,35)29-13-10-20(11-14-29)31-24-9-12-27-17-25(24)30(26(31)33)18-23-22(8-4-5-15-32)21-7-3-2-6-19(21)16-28-23/h2-3,6-7,9,12,16-17,20,32H,4-5,8,10-11,13-15,18H2,1H3. The molecule has 0 spiro atoms. The molecule has 4 aromatic rings. The lowest BCUT2D eigenvalue weighted by Crippen LogP contribution is -2.40. The number of sulfonamides is 1. The van der Waals surface area contributed by atoms with Crippen LogP contribution in [0, 0.1) is 0 Å². The Bertz CT molecular complexity index is 1550. The summed E-state index contributed by atoms with van der Waals surface area (Å²) >= 11 is 0. The highest BCUT2D eigenvalue weighted by atomic mass is 32.2. The van der Waals surface area contributed by atoms with Gasteiger partial charge in [-0.1, -0.05) is 24.3 Å². The number of piperidine rings is 1. The van der Waals surface area contributed by atoms with Crippen molar-refractivity contribution in [2.45, 2.75) is 44.7 Å². The minimum absolute atomic E-state index is 0.0877. The van der Waals surface area contributed by atoms with Crippen LogP contribution < -0.4 is 5.69 Å². The van der Waals surface area contributed by atoms with Gasteiger partial charge in [-0.25, -0.2) is 17.5 Å². The first kappa shape index (κ1) is 24.6. The third kappa shape index (κ3) is 4.68. The number of nitrogens with zero attached hydrogens (tertiary/aromatic N) is 5. The summed E-state index contributed by atoms with van der Waals surface area (Å²) in [4.78, 5) is 22.9. The maximum Gasteiger partial charge on any atom is 0.329 e. The molecule has 0 saturated carbocycles. The summed E-state index contributed by atoms with van der Waals surface area (Å²) in [6.45, 7) is 1.25. The highest BCUT2D eigenvalue weighted by molar-refractivity contribution is 7.88. The van der Waals surface area contributed by atoms with Gasteiger partial charge in [0.05, 0.1) is 35.7 Å². The lowest BCUT2D eigenvalue weighted by Gasteiger charge is -2.30. The highest BCUT2D eigenvalue weighted by Crippen LogP contribution is 2.28. The number of unbranched alkanes of at least 4 members (excludes halogenated alkanes) is 1. The van der Waals surface area contributed by atoms with Crippen molar-refractivity contribution in [1.29, 1.82) is 0 Å². The maximum atomic E-state index is 13.8. The first-order chi connectivity index (χ1) is 17.4. The molecule has 5 rings (SSSR count). The van der Waals surface area contributed by atoms with Gasteiger partial charge in [-0.2, -0.15) is 0 Å². The van der Waals surface area contributed by atoms with E-state index in [-0.39, 0.29) is 18.3 Å². The summed E-state index contributed by atoms with van der Waals surface area (Å²) in [6, 6.07) is 9.87. The molecule has 0 unspecified atom stereocenters. The van der Waals surface area contributed by atoms with Crippen LogP contribution in [0.15, 0.2) is 53.7 Å². The molecule has 1 aliphatic rings. The fourth-order valence-electron chi connectivity index (χ4n) is 5.31. The first-order valence-corrected chi connectivity index (χ1v) is 14.2. The number of hydrogen-bond donors (Lipinski definition) is 1. The molecule has 1 saturated heterocycles. The number of fused-ring (bicyclic) bond motifs is 2. The molecule has 0 amide bonds. The van der Waals surface area contributed by atoms with Gasteiger partial charge in [-0.15, -0.1) is 0 Å². The number of pyridine rings is 2. The van der Waals surface area contributed by atoms with Crippen molar-refractivity contribution in [3.63, 3.8) is 0 Å². The monoisotopic (exact) mass is 509 g/mol. The zero-order valence-corrected chi connectivity index (χ0v) is 21.2. The number of aliphatic hydroxyl groups is 1. The van der Waals surface area contributed by atoms with E-state index >= 15 is 0 Å². The largest absolute Gasteiger partial charge is 0.396 e. The quantitative estimate of drug-likeness (QED) is 0.366. The number of rotatable bonds is 8. The summed E-state index contributed by atoms with van der Waals surface area (Å²) in [7, 11) is -3.25. The fraction of sp³-hybridized carbons (Fsp3) is 0.423. The number of aryl methyl sites for hydroxylation is 1. The third-order valence-corrected chi connectivity index (χ3v) is 8.46. The Morgan fingerprint density at radius 3 is 2.58 bits per heavy atom. The van der Waals surface area contributed by atoms with Gasteiger partial charge in [0, 0.05) is 43.5 Å². The Morgan fingerprint density at radius 2 is 1.83 bits per heavy atom. The van der Waals surface area contributed by atoms with Crippen LogP contribution >= 0.6 is 0 Å². The van der Waals surface area contributed by atoms with Crippen LogP contribution in [0.3, 0.4) is 0 Å². The first-order valence-electron chi connectivity index (χ1n) is 12.3. The molecule has 0 atom stereocenters. The summed E-state index contributed by atoms with van der Waals surface area (Å²) in [5, 5.41) is 11.5. The Balaban J connectivity index is 1.55. The normalized spacial score (nSPS) is 15.7. The summed E-state index contributed by atoms with van der Waals surface area (Å²) < 4.78 is 28.9. The smallest absolute Gasteiger partial charge is 0.329 e. The van der Waals surface area contributed by atoms with Crippen LogP contribution in [-0.4, -0.2) is 62.9 Å². The van der Waals surface area contributed by atoms with Crippen molar-refractivity contribution in [3.05, 3.63) is 70.7 Å². The Morgan fingerprint density at radius 1 is 1.06 bits per heavy atom. The maximum absolute atomic E-state index is 13.8. The van der Waals surface area contributed by atoms with Crippen molar-refractivity contribution < 1.29 is 13.5 Å². The average molecular weight is 510 g/mol. The van der Waals surface area contributed by atoms with E-state index in [1.807, 2.05) is 35.0 Å². The average Bonchev–Trinajstić information content (AvgIpc) is 3.15. The van der Waals surface area contributed by atoms with Crippen LogP contribution in [0.2, 0.25) is 0 Å². The van der Waals surface area contributed by atoms with Gasteiger partial charge < -0.3 is 5.11 Å². The third-order valence-electron chi connectivity index (χ3n) is 7.16. The highest BCUT2D eigenvalue weighted by Gasteiger charge is 2.29. The fourth-order valence-corrected chi connectivity index (χ4v) is 6.18. The molecular weight excluding hydrogens is 478 g/mol. The topological polar surface area (TPSA) is 110 Å². The van der Waals surface area contributed by atoms with Gasteiger partial charge in [-0.05, 0) is 49.1 Å². The van der Waals surface area contributed by atoms with Gasteiger partial charge in [0.25, 0.3) is 0 Å². The van der Waals surface area contributed by atoms with Crippen molar-refractivity contribution in [1.82, 2.24) is 23.4 Å². The van der Waals surface area contributed by atoms with Crippen LogP contribution in [0.25, 0.3) is 21.8 Å². The molecule has 1 N–H and O–H groups in total. The van der Waals surface area contributed by atoms with Crippen LogP contribution in [-0.2, 0) is 23.0 Å². The van der Waals surface area contributed by atoms with Crippen LogP contribution in [0.5, 0.6) is 0 Å². The second-order valence-electron chi connectivity index (χ2n) is 9.45. The number of aliphatic hydroxyl groups excluding tert-OH is 1. The van der Waals surface area contributed by atoms with E-state index in [9.17, 15) is 18.3 Å². The van der Waals surface area contributed by atoms with E-state index in [0.717, 1.165) is 45.9 Å². The minimum Gasteiger partial charge on any atom is -0.396 e. The van der Waals surface area contributed by atoms with Gasteiger partial charge in [-0.3, -0.25) is 19.1 Å². The van der Waals surface area contributed by atoms with E-state index in [1.165, 1.54) is 10.6 Å². The van der Waals surface area contributed by atoms with E-state index < -0.39 is 10.0 Å². The van der Waals surface area contributed by atoms with E-state index in [4.69, 9.17) is 4.98 Å². The lowest BCUT2D eigenvalue weighted by molar-refractivity contribution is 0.274. The van der Waals surface area contributed by atoms with E-state index in [2.05, 4.69) is 11.1 Å². The predicted octanol–water partition coefficient (Wildman–Crippen LogP) is 2.71. The van der Waals surface area contributed by atoms with Gasteiger partial charge in [0.15, 0.2) is 0 Å². The Kier molecular flexibility index (Phi) is 6.92. The van der Waals surface area contributed by atoms with Crippen molar-refractivity contribution in [3.8, 4) is 0 Å². The molecule has 10 heteroatoms. The molecule has 1 aromatic carbocycles. The van der Waals surface area contributed by atoms with Crippen molar-refractivity contribution in [2.24, 2.45) is 0 Å². The molecule has 36 heavy (non-hydrogen) atoms. The number of hydrogen-bond acceptors (Lipinski definition) is 6. The Labute approximate surface area is 210 Å². The SMILES string of the molecule is CS(=O)(=O)N1CCC(n2c(=O)n(Cc3ncc4ccccc4c3CCCCO)c3cnccc32)CC1. The van der Waals surface area contributed by atoms with E-state index in [0.29, 0.717) is 38.9 Å². The van der Waals surface area contributed by atoms with Crippen LogP contribution in [0.4, 0.5) is 0 Å². The van der Waals surface area contributed by atoms with Gasteiger partial charge >= 0.3 is 5.69 Å². The van der Waals surface area contributed by atoms with Gasteiger partial charge in [0.2, 0.25) is 10.0 Å². The molecule has 190 valence electrons. The molecule has 0 bridgehead atoms. The molecule has 3 aromatic heterocycles. The zero-order chi connectivity index (χ0) is 25.3. The molecule has 4 heterocycles. The summed E-state index contributed by atoms with van der Waals surface area (Å²) in [6.07, 6.45) is 9.93. The number of benzene rings is 1. The van der Waals surface area contributed by atoms with E-state index in [1.54, 1.807) is 17.0 Å². The van der Waals surface area contributed by atoms with Gasteiger partial charge in [0.1, 0.15) is 0 Å². The molecular formula is C26H31N5O4S. The number of imidazole rings is 1. The van der Waals surface area contributed by atoms with Crippen molar-refractivity contribution >= 4 is 31.8 Å². The van der Waals surface area contributed by atoms with Crippen LogP contribution in [0.1, 0.15) is 43.0 Å². The minimum atomic E-state index is -3.25. The second-order valence-corrected chi connectivity index (χ2v) is 11.4. The number of aromatic nitrogens is 4. The molecule has 9 nitrogen and oxygen atoms in total. The molecule has 1 aliphatic heterocycles. The molecule has 1 fully saturated rings. The van der Waals surface area contributed by atoms with Crippen molar-refractivity contribution in [2.75, 3.05) is 26.0 Å². The Hall–Kier alpha value is -3.08. The second kappa shape index (κ2) is 10.1. The summed E-state index contributed by atoms with van der Waals surface area (Å²) in [5.41, 5.74) is 3.34. The molecule has 0 radical (unpaired) electrons. The lowest BCUT2D eigenvalue weighted by atomic mass is 9.99.